The van der Waals surface area contributed by atoms with Crippen molar-refractivity contribution in [1.82, 2.24) is 14.5 Å². The van der Waals surface area contributed by atoms with E-state index < -0.39 is 0 Å². The lowest BCUT2D eigenvalue weighted by Gasteiger charge is -2.07. The van der Waals surface area contributed by atoms with Crippen LogP contribution in [-0.2, 0) is 7.05 Å². The summed E-state index contributed by atoms with van der Waals surface area (Å²) in [6.45, 7) is 1.56. The SMILES string of the molecule is CC(=O)c1cccc(Nc2cc3c(cn2)nc(-c2ccccc2)n3C)c1. The van der Waals surface area contributed by atoms with Crippen LogP contribution in [0.2, 0.25) is 0 Å². The first-order chi connectivity index (χ1) is 12.6. The predicted octanol–water partition coefficient (Wildman–Crippen LogP) is 4.58. The number of rotatable bonds is 4. The zero-order valence-electron chi connectivity index (χ0n) is 14.6. The summed E-state index contributed by atoms with van der Waals surface area (Å²) in [5.41, 5.74) is 4.39. The molecule has 2 heterocycles. The van der Waals surface area contributed by atoms with Gasteiger partial charge in [0.2, 0.25) is 0 Å². The maximum Gasteiger partial charge on any atom is 0.159 e. The third kappa shape index (κ3) is 2.95. The normalized spacial score (nSPS) is 10.8. The number of imidazole rings is 1. The van der Waals surface area contributed by atoms with E-state index in [9.17, 15) is 4.79 Å². The van der Waals surface area contributed by atoms with E-state index in [1.165, 1.54) is 0 Å². The van der Waals surface area contributed by atoms with Gasteiger partial charge >= 0.3 is 0 Å². The number of benzene rings is 2. The lowest BCUT2D eigenvalue weighted by atomic mass is 10.1. The average molecular weight is 342 g/mol. The van der Waals surface area contributed by atoms with Gasteiger partial charge in [0.25, 0.3) is 0 Å². The molecule has 0 aliphatic carbocycles. The second kappa shape index (κ2) is 6.44. The van der Waals surface area contributed by atoms with Gasteiger partial charge in [-0.15, -0.1) is 0 Å². The van der Waals surface area contributed by atoms with Crippen LogP contribution in [0.1, 0.15) is 17.3 Å². The minimum atomic E-state index is 0.0381. The highest BCUT2D eigenvalue weighted by Gasteiger charge is 2.11. The monoisotopic (exact) mass is 342 g/mol. The summed E-state index contributed by atoms with van der Waals surface area (Å²) >= 11 is 0. The number of fused-ring (bicyclic) bond motifs is 1. The molecule has 5 heteroatoms. The molecular weight excluding hydrogens is 324 g/mol. The number of hydrogen-bond acceptors (Lipinski definition) is 4. The number of pyridine rings is 1. The van der Waals surface area contributed by atoms with Crippen molar-refractivity contribution < 1.29 is 4.79 Å². The number of anilines is 2. The van der Waals surface area contributed by atoms with Gasteiger partial charge < -0.3 is 9.88 Å². The van der Waals surface area contributed by atoms with E-state index in [0.29, 0.717) is 11.4 Å². The van der Waals surface area contributed by atoms with Crippen molar-refractivity contribution >= 4 is 28.3 Å². The quantitative estimate of drug-likeness (QED) is 0.551. The molecule has 0 bridgehead atoms. The van der Waals surface area contributed by atoms with Crippen molar-refractivity contribution in [2.45, 2.75) is 6.92 Å². The Morgan fingerprint density at radius 2 is 1.85 bits per heavy atom. The molecule has 0 aliphatic heterocycles. The molecule has 0 atom stereocenters. The van der Waals surface area contributed by atoms with Gasteiger partial charge in [0, 0.05) is 29.9 Å². The molecule has 0 spiro atoms. The van der Waals surface area contributed by atoms with Gasteiger partial charge in [-0.1, -0.05) is 42.5 Å². The molecule has 4 aromatic rings. The average Bonchev–Trinajstić information content (AvgIpc) is 2.99. The smallest absolute Gasteiger partial charge is 0.159 e. The molecule has 0 radical (unpaired) electrons. The molecule has 0 aliphatic rings. The van der Waals surface area contributed by atoms with E-state index in [1.807, 2.05) is 61.6 Å². The van der Waals surface area contributed by atoms with E-state index in [1.54, 1.807) is 19.2 Å². The van der Waals surface area contributed by atoms with E-state index in [0.717, 1.165) is 28.1 Å². The van der Waals surface area contributed by atoms with Crippen LogP contribution in [-0.4, -0.2) is 20.3 Å². The molecule has 0 saturated heterocycles. The lowest BCUT2D eigenvalue weighted by Crippen LogP contribution is -1.97. The Balaban J connectivity index is 1.71. The number of nitrogens with one attached hydrogen (secondary N) is 1. The van der Waals surface area contributed by atoms with E-state index in [4.69, 9.17) is 4.98 Å². The number of Topliss-reactive ketones (excluding diaryl/α,β-unsaturated/α-hetero) is 1. The minimum Gasteiger partial charge on any atom is -0.340 e. The number of carbonyl (C=O) groups excluding carboxylic acids is 1. The first kappa shape index (κ1) is 16.0. The highest BCUT2D eigenvalue weighted by molar-refractivity contribution is 5.95. The van der Waals surface area contributed by atoms with Gasteiger partial charge in [-0.3, -0.25) is 4.79 Å². The van der Waals surface area contributed by atoms with E-state index in [-0.39, 0.29) is 5.78 Å². The van der Waals surface area contributed by atoms with Crippen molar-refractivity contribution in [3.63, 3.8) is 0 Å². The van der Waals surface area contributed by atoms with E-state index in [2.05, 4.69) is 14.9 Å². The first-order valence-electron chi connectivity index (χ1n) is 8.38. The summed E-state index contributed by atoms with van der Waals surface area (Å²) in [7, 11) is 2.00. The highest BCUT2D eigenvalue weighted by atomic mass is 16.1. The van der Waals surface area contributed by atoms with Crippen LogP contribution < -0.4 is 5.32 Å². The second-order valence-corrected chi connectivity index (χ2v) is 6.18. The Bertz CT molecular complexity index is 1100. The van der Waals surface area contributed by atoms with Crippen molar-refractivity contribution in [1.29, 1.82) is 0 Å². The van der Waals surface area contributed by atoms with Gasteiger partial charge in [-0.05, 0) is 19.1 Å². The Morgan fingerprint density at radius 1 is 1.04 bits per heavy atom. The minimum absolute atomic E-state index is 0.0381. The molecule has 0 fully saturated rings. The summed E-state index contributed by atoms with van der Waals surface area (Å²) < 4.78 is 2.06. The van der Waals surface area contributed by atoms with E-state index >= 15 is 0 Å². The molecule has 128 valence electrons. The molecule has 2 aromatic carbocycles. The molecule has 1 N–H and O–H groups in total. The number of aromatic nitrogens is 3. The molecule has 0 unspecified atom stereocenters. The maximum atomic E-state index is 11.6. The number of nitrogens with zero attached hydrogens (tertiary/aromatic N) is 3. The fourth-order valence-electron chi connectivity index (χ4n) is 2.97. The summed E-state index contributed by atoms with van der Waals surface area (Å²) in [6, 6.07) is 19.4. The van der Waals surface area contributed by atoms with Crippen LogP contribution in [0.5, 0.6) is 0 Å². The lowest BCUT2D eigenvalue weighted by molar-refractivity contribution is 0.101. The Labute approximate surface area is 151 Å². The molecule has 0 saturated carbocycles. The summed E-state index contributed by atoms with van der Waals surface area (Å²) in [6.07, 6.45) is 1.76. The van der Waals surface area contributed by atoms with Gasteiger partial charge in [0.05, 0.1) is 11.7 Å². The Morgan fingerprint density at radius 3 is 2.62 bits per heavy atom. The van der Waals surface area contributed by atoms with Crippen molar-refractivity contribution in [2.75, 3.05) is 5.32 Å². The Hall–Kier alpha value is -3.47. The number of ketones is 1. The third-order valence-electron chi connectivity index (χ3n) is 4.34. The van der Waals surface area contributed by atoms with Crippen LogP contribution >= 0.6 is 0 Å². The van der Waals surface area contributed by atoms with Crippen LogP contribution in [0.25, 0.3) is 22.4 Å². The third-order valence-corrected chi connectivity index (χ3v) is 4.34. The predicted molar refractivity (Wildman–Crippen MR) is 104 cm³/mol. The number of hydrogen-bond donors (Lipinski definition) is 1. The molecule has 0 amide bonds. The zero-order chi connectivity index (χ0) is 18.1. The fraction of sp³-hybridized carbons (Fsp3) is 0.0952. The first-order valence-corrected chi connectivity index (χ1v) is 8.38. The van der Waals surface area contributed by atoms with Crippen LogP contribution in [0.3, 0.4) is 0 Å². The largest absolute Gasteiger partial charge is 0.340 e. The van der Waals surface area contributed by atoms with Gasteiger partial charge in [0.15, 0.2) is 5.78 Å². The standard InChI is InChI=1S/C21H18N4O/c1-14(26)16-9-6-10-17(11-16)23-20-12-19-18(13-22-20)24-21(25(19)2)15-7-4-3-5-8-15/h3-13H,1-2H3,(H,22,23). The van der Waals surface area contributed by atoms with Gasteiger partial charge in [-0.2, -0.15) is 0 Å². The zero-order valence-corrected chi connectivity index (χ0v) is 14.6. The van der Waals surface area contributed by atoms with Crippen molar-refractivity contribution in [2.24, 2.45) is 7.05 Å². The molecular formula is C21H18N4O. The topological polar surface area (TPSA) is 59.8 Å². The number of aryl methyl sites for hydroxylation is 1. The van der Waals surface area contributed by atoms with Gasteiger partial charge in [-0.25, -0.2) is 9.97 Å². The summed E-state index contributed by atoms with van der Waals surface area (Å²) in [5, 5.41) is 3.26. The molecule has 2 aromatic heterocycles. The van der Waals surface area contributed by atoms with Gasteiger partial charge in [0.1, 0.15) is 17.2 Å². The van der Waals surface area contributed by atoms with Crippen LogP contribution in [0.4, 0.5) is 11.5 Å². The summed E-state index contributed by atoms with van der Waals surface area (Å²) in [5.74, 6) is 1.65. The van der Waals surface area contributed by atoms with Crippen molar-refractivity contribution in [3.05, 3.63) is 72.4 Å². The van der Waals surface area contributed by atoms with Crippen LogP contribution in [0.15, 0.2) is 66.9 Å². The summed E-state index contributed by atoms with van der Waals surface area (Å²) in [4.78, 5) is 20.7. The molecule has 4 rings (SSSR count). The second-order valence-electron chi connectivity index (χ2n) is 6.18. The van der Waals surface area contributed by atoms with Crippen LogP contribution in [0, 0.1) is 0 Å². The Kier molecular flexibility index (Phi) is 3.97. The fourth-order valence-corrected chi connectivity index (χ4v) is 2.97. The highest BCUT2D eigenvalue weighted by Crippen LogP contribution is 2.25. The number of carbonyl (C=O) groups is 1. The molecule has 26 heavy (non-hydrogen) atoms. The van der Waals surface area contributed by atoms with Crippen molar-refractivity contribution in [3.8, 4) is 11.4 Å². The molecule has 5 nitrogen and oxygen atoms in total. The maximum absolute atomic E-state index is 11.6.